The zero-order valence-electron chi connectivity index (χ0n) is 20.1. The van der Waals surface area contributed by atoms with Crippen LogP contribution in [0.4, 0.5) is 13.2 Å². The van der Waals surface area contributed by atoms with Crippen LogP contribution in [0.1, 0.15) is 41.5 Å². The Balaban J connectivity index is 1.31. The minimum Gasteiger partial charge on any atom is -0.487 e. The van der Waals surface area contributed by atoms with Crippen LogP contribution in [0.3, 0.4) is 0 Å². The first-order chi connectivity index (χ1) is 17.1. The van der Waals surface area contributed by atoms with E-state index in [9.17, 15) is 23.1 Å². The van der Waals surface area contributed by atoms with Crippen molar-refractivity contribution in [1.82, 2.24) is 9.80 Å². The van der Waals surface area contributed by atoms with Gasteiger partial charge >= 0.3 is 6.18 Å². The fourth-order valence-corrected chi connectivity index (χ4v) is 7.20. The van der Waals surface area contributed by atoms with Crippen LogP contribution in [-0.2, 0) is 22.8 Å². The van der Waals surface area contributed by atoms with Crippen LogP contribution in [0.25, 0.3) is 0 Å². The van der Waals surface area contributed by atoms with Crippen molar-refractivity contribution in [1.29, 1.82) is 0 Å². The fourth-order valence-electron chi connectivity index (χ4n) is 7.20. The lowest BCUT2D eigenvalue weighted by Crippen LogP contribution is -2.77. The summed E-state index contributed by atoms with van der Waals surface area (Å²) in [5.41, 5.74) is 0.340. The van der Waals surface area contributed by atoms with Crippen molar-refractivity contribution in [2.45, 2.75) is 61.1 Å². The summed E-state index contributed by atoms with van der Waals surface area (Å²) in [4.78, 5) is 17.0. The molecule has 5 atom stereocenters. The summed E-state index contributed by atoms with van der Waals surface area (Å²) >= 11 is 0. The van der Waals surface area contributed by atoms with Gasteiger partial charge in [-0.25, -0.2) is 0 Å². The Kier molecular flexibility index (Phi) is 5.03. The fraction of sp³-hybridized carbons (Fsp3) is 0.464. The topological polar surface area (TPSA) is 53.0 Å². The van der Waals surface area contributed by atoms with Crippen LogP contribution in [0, 0.1) is 11.8 Å². The van der Waals surface area contributed by atoms with Gasteiger partial charge in [0.05, 0.1) is 22.6 Å². The number of alkyl halides is 3. The van der Waals surface area contributed by atoms with Gasteiger partial charge in [-0.2, -0.15) is 13.2 Å². The molecule has 188 valence electrons. The molecular weight excluding hydrogens is 469 g/mol. The predicted octanol–water partition coefficient (Wildman–Crippen LogP) is 3.37. The minimum atomic E-state index is -4.42. The van der Waals surface area contributed by atoms with Gasteiger partial charge in [-0.3, -0.25) is 4.79 Å². The van der Waals surface area contributed by atoms with Crippen molar-refractivity contribution < 1.29 is 27.8 Å². The largest absolute Gasteiger partial charge is 0.487 e. The van der Waals surface area contributed by atoms with E-state index in [1.807, 2.05) is 12.1 Å². The molecule has 36 heavy (non-hydrogen) atoms. The van der Waals surface area contributed by atoms with E-state index in [1.165, 1.54) is 17.7 Å². The molecule has 1 saturated carbocycles. The summed E-state index contributed by atoms with van der Waals surface area (Å²) in [6.45, 7) is 0.832. The molecule has 1 saturated heterocycles. The first-order valence-corrected chi connectivity index (χ1v) is 12.2. The van der Waals surface area contributed by atoms with Crippen molar-refractivity contribution in [2.24, 2.45) is 0 Å². The van der Waals surface area contributed by atoms with Gasteiger partial charge in [0.1, 0.15) is 11.9 Å². The van der Waals surface area contributed by atoms with E-state index in [0.717, 1.165) is 42.8 Å². The number of benzene rings is 2. The quantitative estimate of drug-likeness (QED) is 0.616. The molecule has 2 aliphatic heterocycles. The minimum absolute atomic E-state index is 0.0142. The number of rotatable bonds is 1. The molecule has 2 aromatic carbocycles. The molecule has 4 aliphatic rings. The lowest BCUT2D eigenvalue weighted by molar-refractivity contribution is -0.195. The molecule has 1 N–H and O–H groups in total. The maximum absolute atomic E-state index is 13.1. The van der Waals surface area contributed by atoms with Gasteiger partial charge in [0, 0.05) is 30.1 Å². The molecule has 0 unspecified atom stereocenters. The average Bonchev–Trinajstić information content (AvgIpc) is 3.19. The molecule has 1 spiro atoms. The second-order valence-corrected chi connectivity index (χ2v) is 10.5. The van der Waals surface area contributed by atoms with Gasteiger partial charge in [0.2, 0.25) is 0 Å². The van der Waals surface area contributed by atoms with E-state index >= 15 is 0 Å². The van der Waals surface area contributed by atoms with Gasteiger partial charge in [-0.05, 0) is 75.2 Å². The second-order valence-electron chi connectivity index (χ2n) is 10.5. The number of nitrogens with zero attached hydrogens (tertiary/aromatic N) is 2. The molecule has 2 heterocycles. The van der Waals surface area contributed by atoms with E-state index in [-0.39, 0.29) is 12.1 Å². The molecule has 1 amide bonds. The molecule has 5 nitrogen and oxygen atoms in total. The van der Waals surface area contributed by atoms with Crippen molar-refractivity contribution in [3.63, 3.8) is 0 Å². The first kappa shape index (κ1) is 23.4. The van der Waals surface area contributed by atoms with Gasteiger partial charge in [0.15, 0.2) is 0 Å². The van der Waals surface area contributed by atoms with Crippen LogP contribution in [0.15, 0.2) is 42.5 Å². The third kappa shape index (κ3) is 3.09. The number of piperidine rings is 1. The monoisotopic (exact) mass is 496 g/mol. The standard InChI is InChI=1S/C28H27F3N2O3/c1-32-15-14-26-24-18-4-3-5-21(24)36-25(26)20(12-13-27(26,35)22(32)16-18)33(2)23(34)11-8-17-6-9-19(10-7-17)28(29,30)31/h3-7,9-10,20,22,25,35H,12-16H2,1-2H3/t20-,22+,25-,26-,27+/m0/s1. The maximum Gasteiger partial charge on any atom is 0.416 e. The summed E-state index contributed by atoms with van der Waals surface area (Å²) in [6, 6.07) is 10.2. The number of amides is 1. The third-order valence-electron chi connectivity index (χ3n) is 8.94. The Labute approximate surface area is 207 Å². The third-order valence-corrected chi connectivity index (χ3v) is 8.94. The number of aliphatic hydroxyl groups is 1. The van der Waals surface area contributed by atoms with E-state index < -0.39 is 34.8 Å². The maximum atomic E-state index is 13.1. The van der Waals surface area contributed by atoms with Crippen molar-refractivity contribution in [3.8, 4) is 17.6 Å². The Morgan fingerprint density at radius 3 is 2.67 bits per heavy atom. The van der Waals surface area contributed by atoms with Crippen LogP contribution in [0.5, 0.6) is 5.75 Å². The Morgan fingerprint density at radius 1 is 1.19 bits per heavy atom. The lowest BCUT2D eigenvalue weighted by Gasteiger charge is -2.64. The molecule has 2 fully saturated rings. The van der Waals surface area contributed by atoms with Crippen molar-refractivity contribution >= 4 is 5.91 Å². The first-order valence-electron chi connectivity index (χ1n) is 12.2. The summed E-state index contributed by atoms with van der Waals surface area (Å²) < 4.78 is 45.0. The number of hydrogen-bond acceptors (Lipinski definition) is 4. The summed E-state index contributed by atoms with van der Waals surface area (Å²) in [6.07, 6.45) is -2.20. The number of likely N-dealkylation sites (N-methyl/N-ethyl adjacent to an activating group) is 2. The summed E-state index contributed by atoms with van der Waals surface area (Å²) in [5.74, 6) is 5.65. The number of ether oxygens (including phenoxy) is 1. The van der Waals surface area contributed by atoms with Gasteiger partial charge in [-0.1, -0.05) is 18.1 Å². The molecule has 0 radical (unpaired) electrons. The molecular formula is C28H27F3N2O3. The van der Waals surface area contributed by atoms with E-state index in [4.69, 9.17) is 4.74 Å². The molecule has 6 rings (SSSR count). The highest BCUT2D eigenvalue weighted by atomic mass is 19.4. The van der Waals surface area contributed by atoms with Gasteiger partial charge in [-0.15, -0.1) is 0 Å². The Morgan fingerprint density at radius 2 is 1.94 bits per heavy atom. The normalized spacial score (nSPS) is 32.1. The molecule has 2 bridgehead atoms. The molecule has 8 heteroatoms. The van der Waals surface area contributed by atoms with E-state index in [0.29, 0.717) is 18.4 Å². The SMILES string of the molecule is CN1CC[C@]23c4c5cccc4O[C@H]2[C@@H](N(C)C(=O)C#Cc2ccc(C(F)(F)F)cc2)CC[C@@]3(O)[C@H]1C5. The molecule has 2 aliphatic carbocycles. The number of likely N-dealkylation sites (tertiary alicyclic amines) is 1. The highest BCUT2D eigenvalue weighted by Gasteiger charge is 2.72. The van der Waals surface area contributed by atoms with Crippen LogP contribution in [0.2, 0.25) is 0 Å². The summed E-state index contributed by atoms with van der Waals surface area (Å²) in [7, 11) is 3.76. The summed E-state index contributed by atoms with van der Waals surface area (Å²) in [5, 5.41) is 12.2. The number of carbonyl (C=O) groups excluding carboxylic acids is 1. The van der Waals surface area contributed by atoms with E-state index in [1.54, 1.807) is 11.9 Å². The van der Waals surface area contributed by atoms with Gasteiger partial charge < -0.3 is 19.6 Å². The Bertz CT molecular complexity index is 1300. The second kappa shape index (κ2) is 7.74. The van der Waals surface area contributed by atoms with Crippen molar-refractivity contribution in [2.75, 3.05) is 20.6 Å². The smallest absolute Gasteiger partial charge is 0.416 e. The predicted molar refractivity (Wildman–Crippen MR) is 126 cm³/mol. The number of halogens is 3. The number of carbonyl (C=O) groups is 1. The zero-order valence-corrected chi connectivity index (χ0v) is 20.1. The Hall–Kier alpha value is -3.02. The average molecular weight is 497 g/mol. The molecule has 2 aromatic rings. The van der Waals surface area contributed by atoms with Crippen LogP contribution in [-0.4, -0.2) is 65.2 Å². The molecule has 0 aromatic heterocycles. The van der Waals surface area contributed by atoms with Gasteiger partial charge in [0.25, 0.3) is 5.91 Å². The van der Waals surface area contributed by atoms with Crippen molar-refractivity contribution in [3.05, 3.63) is 64.7 Å². The lowest BCUT2D eigenvalue weighted by atomic mass is 9.48. The van der Waals surface area contributed by atoms with E-state index in [2.05, 4.69) is 29.9 Å². The highest BCUT2D eigenvalue weighted by molar-refractivity contribution is 5.94. The van der Waals surface area contributed by atoms with Crippen LogP contribution < -0.4 is 4.74 Å². The highest BCUT2D eigenvalue weighted by Crippen LogP contribution is 2.64. The van der Waals surface area contributed by atoms with Crippen LogP contribution >= 0.6 is 0 Å². The zero-order chi connectivity index (χ0) is 25.5. The number of hydrogen-bond donors (Lipinski definition) is 1.